The van der Waals surface area contributed by atoms with Gasteiger partial charge >= 0.3 is 0 Å². The molecule has 1 atom stereocenters. The fourth-order valence-electron chi connectivity index (χ4n) is 0.594. The van der Waals surface area contributed by atoms with Gasteiger partial charge < -0.3 is 10.3 Å². The van der Waals surface area contributed by atoms with Crippen molar-refractivity contribution in [1.29, 1.82) is 0 Å². The van der Waals surface area contributed by atoms with Gasteiger partial charge in [-0.15, -0.1) is 0 Å². The first-order valence-electron chi connectivity index (χ1n) is 4.12. The molecule has 0 aromatic heterocycles. The predicted molar refractivity (Wildman–Crippen MR) is 49.8 cm³/mol. The molecule has 2 nitrogen and oxygen atoms in total. The Morgan fingerprint density at radius 2 is 2.00 bits per heavy atom. The van der Waals surface area contributed by atoms with Crippen molar-refractivity contribution in [1.82, 2.24) is 10.3 Å². The Balaban J connectivity index is 3.13. The van der Waals surface area contributed by atoms with Crippen LogP contribution in [0, 0.1) is 0 Å². The van der Waals surface area contributed by atoms with Crippen LogP contribution in [0.25, 0.3) is 0 Å². The van der Waals surface area contributed by atoms with Crippen LogP contribution < -0.4 is 10.3 Å². The molecule has 0 aromatic rings. The van der Waals surface area contributed by atoms with Gasteiger partial charge in [0.25, 0.3) is 0 Å². The van der Waals surface area contributed by atoms with E-state index in [9.17, 15) is 0 Å². The van der Waals surface area contributed by atoms with Crippen LogP contribution in [0.5, 0.6) is 0 Å². The van der Waals surface area contributed by atoms with Crippen molar-refractivity contribution in [3.05, 3.63) is 0 Å². The largest absolute Gasteiger partial charge is 0.328 e. The highest BCUT2D eigenvalue weighted by molar-refractivity contribution is 6.55. The molecular formula is C7H20N2Si. The van der Waals surface area contributed by atoms with Crippen LogP contribution in [-0.2, 0) is 0 Å². The Bertz CT molecular complexity index is 76.0. The molecule has 0 fully saturated rings. The zero-order valence-corrected chi connectivity index (χ0v) is 8.72. The predicted octanol–water partition coefficient (Wildman–Crippen LogP) is 0.907. The molecule has 1 unspecified atom stereocenters. The van der Waals surface area contributed by atoms with Gasteiger partial charge in [-0.05, 0) is 12.1 Å². The first-order valence-corrected chi connectivity index (χ1v) is 6.52. The van der Waals surface area contributed by atoms with Gasteiger partial charge in [-0.25, -0.2) is 0 Å². The van der Waals surface area contributed by atoms with Crippen LogP contribution in [0.1, 0.15) is 20.8 Å². The fraction of sp³-hybridized carbons (Fsp3) is 1.00. The van der Waals surface area contributed by atoms with E-state index in [2.05, 4.69) is 37.6 Å². The minimum absolute atomic E-state index is 0.620. The summed E-state index contributed by atoms with van der Waals surface area (Å²) in [7, 11) is -0.620. The highest BCUT2D eigenvalue weighted by Gasteiger charge is 2.06. The Morgan fingerprint density at radius 1 is 1.40 bits per heavy atom. The molecule has 62 valence electrons. The summed E-state index contributed by atoms with van der Waals surface area (Å²) in [5.74, 6) is 0. The topological polar surface area (TPSA) is 24.1 Å². The third-order valence-electron chi connectivity index (χ3n) is 1.80. The molecule has 0 saturated carbocycles. The quantitative estimate of drug-likeness (QED) is 0.355. The molecule has 0 aromatic carbocycles. The molecule has 0 aliphatic rings. The first-order chi connectivity index (χ1) is 4.68. The van der Waals surface area contributed by atoms with Crippen LogP contribution in [0.3, 0.4) is 0 Å². The second kappa shape index (κ2) is 5.89. The summed E-state index contributed by atoms with van der Waals surface area (Å²) < 4.78 is 0. The Kier molecular flexibility index (Phi) is 5.97. The van der Waals surface area contributed by atoms with Gasteiger partial charge in [-0.2, -0.15) is 0 Å². The molecule has 0 aliphatic heterocycles. The number of nitrogens with one attached hydrogen (secondary N) is 2. The maximum Gasteiger partial charge on any atom is 0.109 e. The Morgan fingerprint density at radius 3 is 2.40 bits per heavy atom. The zero-order valence-electron chi connectivity index (χ0n) is 7.57. The molecule has 3 heteroatoms. The second-order valence-electron chi connectivity index (χ2n) is 3.02. The van der Waals surface area contributed by atoms with Crippen LogP contribution >= 0.6 is 0 Å². The van der Waals surface area contributed by atoms with Gasteiger partial charge in [0, 0.05) is 6.67 Å². The van der Waals surface area contributed by atoms with Gasteiger partial charge in [0.2, 0.25) is 0 Å². The molecule has 0 aliphatic carbocycles. The summed E-state index contributed by atoms with van der Waals surface area (Å²) in [4.78, 5) is 3.51. The molecule has 0 spiro atoms. The number of hydrogen-bond acceptors (Lipinski definition) is 2. The summed E-state index contributed by atoms with van der Waals surface area (Å²) >= 11 is 0. The van der Waals surface area contributed by atoms with Gasteiger partial charge in [-0.3, -0.25) is 0 Å². The van der Waals surface area contributed by atoms with Crippen molar-refractivity contribution in [3.8, 4) is 0 Å². The monoisotopic (exact) mass is 160 g/mol. The third-order valence-corrected chi connectivity index (χ3v) is 4.65. The van der Waals surface area contributed by atoms with Crippen LogP contribution in [-0.4, -0.2) is 22.2 Å². The minimum atomic E-state index is -0.620. The van der Waals surface area contributed by atoms with E-state index in [0.717, 1.165) is 18.8 Å². The van der Waals surface area contributed by atoms with Crippen molar-refractivity contribution in [2.75, 3.05) is 13.2 Å². The van der Waals surface area contributed by atoms with E-state index in [1.54, 1.807) is 0 Å². The summed E-state index contributed by atoms with van der Waals surface area (Å²) in [5, 5.41) is 3.26. The third kappa shape index (κ3) is 4.96. The summed E-state index contributed by atoms with van der Waals surface area (Å²) in [6, 6.07) is 0. The lowest BCUT2D eigenvalue weighted by atomic mass is 10.6. The van der Waals surface area contributed by atoms with E-state index in [1.165, 1.54) is 0 Å². The first kappa shape index (κ1) is 10.1. The lowest BCUT2D eigenvalue weighted by Crippen LogP contribution is -2.40. The Labute approximate surface area is 66.1 Å². The number of rotatable bonds is 5. The van der Waals surface area contributed by atoms with E-state index >= 15 is 0 Å². The van der Waals surface area contributed by atoms with Crippen LogP contribution in [0.4, 0.5) is 0 Å². The van der Waals surface area contributed by atoms with Gasteiger partial charge in [0.1, 0.15) is 8.96 Å². The molecule has 0 saturated heterocycles. The normalized spacial score (nSPS) is 14.1. The van der Waals surface area contributed by atoms with Gasteiger partial charge in [0.05, 0.1) is 0 Å². The molecule has 0 rings (SSSR count). The highest BCUT2D eigenvalue weighted by atomic mass is 28.3. The SMILES string of the molecule is CCNCN[SiH](C)C(C)C. The van der Waals surface area contributed by atoms with Crippen LogP contribution in [0.15, 0.2) is 0 Å². The fourth-order valence-corrected chi connectivity index (χ4v) is 1.53. The van der Waals surface area contributed by atoms with E-state index in [4.69, 9.17) is 0 Å². The van der Waals surface area contributed by atoms with E-state index in [1.807, 2.05) is 0 Å². The molecular weight excluding hydrogens is 140 g/mol. The Hall–Kier alpha value is 0.137. The number of hydrogen-bond donors (Lipinski definition) is 2. The van der Waals surface area contributed by atoms with Crippen molar-refractivity contribution in [2.24, 2.45) is 0 Å². The molecule has 2 N–H and O–H groups in total. The van der Waals surface area contributed by atoms with Crippen molar-refractivity contribution < 1.29 is 0 Å². The molecule has 0 amide bonds. The zero-order chi connectivity index (χ0) is 7.98. The van der Waals surface area contributed by atoms with E-state index < -0.39 is 8.96 Å². The second-order valence-corrected chi connectivity index (χ2v) is 6.34. The maximum atomic E-state index is 3.51. The molecule has 0 radical (unpaired) electrons. The van der Waals surface area contributed by atoms with Crippen LogP contribution in [0.2, 0.25) is 12.1 Å². The lowest BCUT2D eigenvalue weighted by molar-refractivity contribution is 0.693. The van der Waals surface area contributed by atoms with Crippen molar-refractivity contribution >= 4 is 8.96 Å². The maximum absolute atomic E-state index is 3.51. The molecule has 10 heavy (non-hydrogen) atoms. The minimum Gasteiger partial charge on any atom is -0.328 e. The van der Waals surface area contributed by atoms with Crippen molar-refractivity contribution in [2.45, 2.75) is 32.9 Å². The highest BCUT2D eigenvalue weighted by Crippen LogP contribution is 2.02. The summed E-state index contributed by atoms with van der Waals surface area (Å²) in [6.45, 7) is 11.1. The van der Waals surface area contributed by atoms with E-state index in [-0.39, 0.29) is 0 Å². The van der Waals surface area contributed by atoms with Gasteiger partial charge in [0.15, 0.2) is 0 Å². The summed E-state index contributed by atoms with van der Waals surface area (Å²) in [5.41, 5.74) is 0.860. The summed E-state index contributed by atoms with van der Waals surface area (Å²) in [6.07, 6.45) is 0. The standard InChI is InChI=1S/C7H20N2Si/c1-5-8-6-9-10(4)7(2)3/h7-10H,5-6H2,1-4H3. The molecule has 0 bridgehead atoms. The van der Waals surface area contributed by atoms with Gasteiger partial charge in [-0.1, -0.05) is 27.3 Å². The average molecular weight is 160 g/mol. The smallest absolute Gasteiger partial charge is 0.109 e. The average Bonchev–Trinajstić information content (AvgIpc) is 1.88. The lowest BCUT2D eigenvalue weighted by Gasteiger charge is -2.15. The van der Waals surface area contributed by atoms with Crippen molar-refractivity contribution in [3.63, 3.8) is 0 Å². The molecule has 0 heterocycles. The van der Waals surface area contributed by atoms with E-state index in [0.29, 0.717) is 0 Å².